The first kappa shape index (κ1) is 16.5. The Morgan fingerprint density at radius 3 is 2.48 bits per heavy atom. The molecule has 0 aliphatic carbocycles. The molecule has 5 nitrogen and oxygen atoms in total. The highest BCUT2D eigenvalue weighted by Crippen LogP contribution is 2.32. The van der Waals surface area contributed by atoms with Gasteiger partial charge in [-0.25, -0.2) is 9.18 Å². The second kappa shape index (κ2) is 6.91. The van der Waals surface area contributed by atoms with Crippen molar-refractivity contribution in [3.63, 3.8) is 0 Å². The fraction of sp³-hybridized carbons (Fsp3) is 0.176. The Morgan fingerprint density at radius 1 is 1.17 bits per heavy atom. The smallest absolute Gasteiger partial charge is 0.332 e. The molecule has 0 saturated carbocycles. The van der Waals surface area contributed by atoms with Gasteiger partial charge in [0.05, 0.1) is 7.11 Å². The molecule has 0 bridgehead atoms. The molecule has 0 spiro atoms. The lowest BCUT2D eigenvalue weighted by molar-refractivity contribution is -0.140. The topological polar surface area (TPSA) is 68.1 Å². The van der Waals surface area contributed by atoms with Crippen molar-refractivity contribution in [1.82, 2.24) is 0 Å². The highest BCUT2D eigenvalue weighted by molar-refractivity contribution is 6.14. The Bertz CT molecular complexity index is 771. The van der Waals surface area contributed by atoms with Crippen LogP contribution in [0.15, 0.2) is 41.6 Å². The van der Waals surface area contributed by atoms with Gasteiger partial charge in [-0.05, 0) is 31.2 Å². The van der Waals surface area contributed by atoms with Gasteiger partial charge in [-0.2, -0.15) is 0 Å². The Balaban J connectivity index is 2.64. The molecule has 2 rings (SSSR count). The lowest BCUT2D eigenvalue weighted by atomic mass is 9.98. The summed E-state index contributed by atoms with van der Waals surface area (Å²) in [5.74, 6) is -0.847. The van der Waals surface area contributed by atoms with E-state index < -0.39 is 11.8 Å². The van der Waals surface area contributed by atoms with Crippen molar-refractivity contribution in [2.45, 2.75) is 13.8 Å². The van der Waals surface area contributed by atoms with Crippen LogP contribution in [0.1, 0.15) is 23.6 Å². The first-order valence-corrected chi connectivity index (χ1v) is 6.83. The summed E-state index contributed by atoms with van der Waals surface area (Å²) in [5.41, 5.74) is 0.821. The number of oxime groups is 1. The van der Waals surface area contributed by atoms with E-state index in [1.165, 1.54) is 38.3 Å². The zero-order valence-electron chi connectivity index (χ0n) is 13.0. The predicted molar refractivity (Wildman–Crippen MR) is 83.2 cm³/mol. The zero-order valence-corrected chi connectivity index (χ0v) is 13.0. The van der Waals surface area contributed by atoms with Crippen LogP contribution >= 0.6 is 0 Å². The minimum absolute atomic E-state index is 0.0153. The third kappa shape index (κ3) is 3.48. The fourth-order valence-electron chi connectivity index (χ4n) is 2.10. The maximum Gasteiger partial charge on any atom is 0.332 e. The number of methoxy groups -OCH3 is 1. The lowest BCUT2D eigenvalue weighted by Crippen LogP contribution is -2.09. The number of hydrogen-bond acceptors (Lipinski definition) is 5. The van der Waals surface area contributed by atoms with Gasteiger partial charge in [0.1, 0.15) is 23.0 Å². The standard InChI is InChI=1S/C17H16FNO4/c1-10-15(22-3)9-8-13(17(10)21)16(19-23-11(2)20)12-6-4-5-7-14(12)18/h4-9,21H,1-3H3. The summed E-state index contributed by atoms with van der Waals surface area (Å²) in [6, 6.07) is 9.03. The number of aromatic hydroxyl groups is 1. The van der Waals surface area contributed by atoms with Crippen LogP contribution in [-0.4, -0.2) is 23.9 Å². The molecular formula is C17H16FNO4. The number of rotatable bonds is 4. The number of phenolic OH excluding ortho intramolecular Hbond substituents is 1. The molecule has 0 aliphatic heterocycles. The van der Waals surface area contributed by atoms with Crippen LogP contribution in [0.5, 0.6) is 11.5 Å². The van der Waals surface area contributed by atoms with E-state index in [2.05, 4.69) is 9.99 Å². The number of phenols is 1. The largest absolute Gasteiger partial charge is 0.507 e. The van der Waals surface area contributed by atoms with Gasteiger partial charge in [-0.1, -0.05) is 17.3 Å². The van der Waals surface area contributed by atoms with Gasteiger partial charge in [0.2, 0.25) is 0 Å². The second-order valence-corrected chi connectivity index (χ2v) is 4.79. The van der Waals surface area contributed by atoms with Crippen molar-refractivity contribution in [1.29, 1.82) is 0 Å². The lowest BCUT2D eigenvalue weighted by Gasteiger charge is -2.13. The number of carbonyl (C=O) groups excluding carboxylic acids is 1. The molecule has 0 fully saturated rings. The van der Waals surface area contributed by atoms with Gasteiger partial charge >= 0.3 is 5.97 Å². The van der Waals surface area contributed by atoms with E-state index >= 15 is 0 Å². The van der Waals surface area contributed by atoms with Crippen LogP contribution in [0.2, 0.25) is 0 Å². The molecule has 2 aromatic rings. The third-order valence-electron chi connectivity index (χ3n) is 3.25. The van der Waals surface area contributed by atoms with Crippen LogP contribution in [0.25, 0.3) is 0 Å². The van der Waals surface area contributed by atoms with Crippen molar-refractivity contribution in [3.8, 4) is 11.5 Å². The molecule has 6 heteroatoms. The average Bonchev–Trinajstić information content (AvgIpc) is 2.52. The number of benzene rings is 2. The summed E-state index contributed by atoms with van der Waals surface area (Å²) in [4.78, 5) is 15.7. The molecular weight excluding hydrogens is 301 g/mol. The Labute approximate surface area is 133 Å². The molecule has 2 aromatic carbocycles. The summed E-state index contributed by atoms with van der Waals surface area (Å²) in [5, 5.41) is 14.1. The first-order valence-electron chi connectivity index (χ1n) is 6.83. The summed E-state index contributed by atoms with van der Waals surface area (Å²) >= 11 is 0. The van der Waals surface area contributed by atoms with E-state index in [1.807, 2.05) is 0 Å². The molecule has 23 heavy (non-hydrogen) atoms. The van der Waals surface area contributed by atoms with Gasteiger partial charge in [0, 0.05) is 23.6 Å². The Hall–Kier alpha value is -2.89. The van der Waals surface area contributed by atoms with E-state index in [0.29, 0.717) is 11.3 Å². The summed E-state index contributed by atoms with van der Waals surface area (Å²) < 4.78 is 19.2. The monoisotopic (exact) mass is 317 g/mol. The van der Waals surface area contributed by atoms with E-state index in [4.69, 9.17) is 4.74 Å². The van der Waals surface area contributed by atoms with Crippen molar-refractivity contribution in [2.75, 3.05) is 7.11 Å². The molecule has 0 saturated heterocycles. The van der Waals surface area contributed by atoms with Crippen LogP contribution in [0, 0.1) is 12.7 Å². The highest BCUT2D eigenvalue weighted by atomic mass is 19.1. The van der Waals surface area contributed by atoms with Crippen molar-refractivity contribution in [2.24, 2.45) is 5.16 Å². The van der Waals surface area contributed by atoms with Gasteiger partial charge in [0.15, 0.2) is 0 Å². The highest BCUT2D eigenvalue weighted by Gasteiger charge is 2.19. The molecule has 0 amide bonds. The third-order valence-corrected chi connectivity index (χ3v) is 3.25. The Morgan fingerprint density at radius 2 is 1.87 bits per heavy atom. The van der Waals surface area contributed by atoms with Gasteiger partial charge in [-0.3, -0.25) is 0 Å². The quantitative estimate of drug-likeness (QED) is 0.534. The van der Waals surface area contributed by atoms with Gasteiger partial charge < -0.3 is 14.7 Å². The molecule has 0 aliphatic rings. The van der Waals surface area contributed by atoms with Gasteiger partial charge in [-0.15, -0.1) is 0 Å². The SMILES string of the molecule is COc1ccc(C(=NOC(C)=O)c2ccccc2F)c(O)c1C. The van der Waals surface area contributed by atoms with E-state index in [-0.39, 0.29) is 22.6 Å². The molecule has 0 aromatic heterocycles. The molecule has 0 heterocycles. The number of hydrogen-bond donors (Lipinski definition) is 1. The molecule has 1 N–H and O–H groups in total. The van der Waals surface area contributed by atoms with E-state index in [1.54, 1.807) is 19.1 Å². The number of ether oxygens (including phenoxy) is 1. The minimum atomic E-state index is -0.649. The van der Waals surface area contributed by atoms with Crippen molar-refractivity contribution < 1.29 is 23.9 Å². The van der Waals surface area contributed by atoms with Crippen molar-refractivity contribution >= 4 is 11.7 Å². The Kier molecular flexibility index (Phi) is 4.95. The maximum atomic E-state index is 14.1. The molecule has 0 radical (unpaired) electrons. The van der Waals surface area contributed by atoms with E-state index in [9.17, 15) is 14.3 Å². The van der Waals surface area contributed by atoms with E-state index in [0.717, 1.165) is 0 Å². The molecule has 120 valence electrons. The zero-order chi connectivity index (χ0) is 17.0. The number of carbonyl (C=O) groups is 1. The normalized spacial score (nSPS) is 11.2. The molecule has 0 unspecified atom stereocenters. The first-order chi connectivity index (χ1) is 11.0. The molecule has 0 atom stereocenters. The minimum Gasteiger partial charge on any atom is -0.507 e. The summed E-state index contributed by atoms with van der Waals surface area (Å²) in [6.07, 6.45) is 0. The van der Waals surface area contributed by atoms with Crippen LogP contribution in [0.4, 0.5) is 4.39 Å². The maximum absolute atomic E-state index is 14.1. The van der Waals surface area contributed by atoms with Gasteiger partial charge in [0.25, 0.3) is 0 Å². The summed E-state index contributed by atoms with van der Waals surface area (Å²) in [6.45, 7) is 2.84. The second-order valence-electron chi connectivity index (χ2n) is 4.79. The number of nitrogens with zero attached hydrogens (tertiary/aromatic N) is 1. The van der Waals surface area contributed by atoms with Crippen LogP contribution in [-0.2, 0) is 9.63 Å². The van der Waals surface area contributed by atoms with Crippen molar-refractivity contribution in [3.05, 3.63) is 58.9 Å². The van der Waals surface area contributed by atoms with Crippen LogP contribution in [0.3, 0.4) is 0 Å². The van der Waals surface area contributed by atoms with Crippen LogP contribution < -0.4 is 4.74 Å². The fourth-order valence-corrected chi connectivity index (χ4v) is 2.10. The average molecular weight is 317 g/mol. The summed E-state index contributed by atoms with van der Waals surface area (Å²) in [7, 11) is 1.48. The number of halogens is 1. The predicted octanol–water partition coefficient (Wildman–Crippen LogP) is 3.16.